The molecule has 0 amide bonds. The molecular weight excluding hydrogens is 442 g/mol. The minimum Gasteiger partial charge on any atom is -0.481 e. The number of halogens is 2. The Morgan fingerprint density at radius 1 is 1.43 bits per heavy atom. The molecular formula is C12H13Br2N3O2S2. The van der Waals surface area contributed by atoms with Gasteiger partial charge in [-0.1, -0.05) is 11.8 Å². The van der Waals surface area contributed by atoms with Gasteiger partial charge in [-0.05, 0) is 58.7 Å². The molecule has 21 heavy (non-hydrogen) atoms. The van der Waals surface area contributed by atoms with E-state index in [9.17, 15) is 4.79 Å². The molecule has 0 radical (unpaired) electrons. The molecule has 0 fully saturated rings. The summed E-state index contributed by atoms with van der Waals surface area (Å²) in [6.45, 7) is 6.13. The van der Waals surface area contributed by atoms with Gasteiger partial charge >= 0.3 is 5.97 Å². The zero-order valence-electron chi connectivity index (χ0n) is 11.6. The molecule has 2 heterocycles. The first-order valence-corrected chi connectivity index (χ1v) is 9.34. The molecule has 5 nitrogen and oxygen atoms in total. The highest BCUT2D eigenvalue weighted by molar-refractivity contribution is 9.13. The molecule has 0 saturated heterocycles. The van der Waals surface area contributed by atoms with Crippen LogP contribution in [0.25, 0.3) is 10.7 Å². The third-order valence-corrected chi connectivity index (χ3v) is 6.66. The summed E-state index contributed by atoms with van der Waals surface area (Å²) in [6, 6.07) is 1.98. The van der Waals surface area contributed by atoms with Crippen LogP contribution >= 0.6 is 55.0 Å². The van der Waals surface area contributed by atoms with Crippen LogP contribution in [0, 0.1) is 0 Å². The van der Waals surface area contributed by atoms with Crippen molar-refractivity contribution in [1.29, 1.82) is 0 Å². The Morgan fingerprint density at radius 2 is 2.10 bits per heavy atom. The summed E-state index contributed by atoms with van der Waals surface area (Å²) in [7, 11) is 0. The zero-order valence-corrected chi connectivity index (χ0v) is 16.4. The van der Waals surface area contributed by atoms with Crippen LogP contribution in [-0.2, 0) is 10.3 Å². The monoisotopic (exact) mass is 453 g/mol. The Labute approximate surface area is 147 Å². The number of aliphatic carboxylic acids is 1. The molecule has 0 unspecified atom stereocenters. The van der Waals surface area contributed by atoms with E-state index in [0.29, 0.717) is 5.16 Å². The Morgan fingerprint density at radius 3 is 2.57 bits per heavy atom. The van der Waals surface area contributed by atoms with E-state index in [2.05, 4.69) is 42.1 Å². The van der Waals surface area contributed by atoms with Crippen LogP contribution in [0.2, 0.25) is 0 Å². The van der Waals surface area contributed by atoms with E-state index < -0.39 is 5.97 Å². The van der Waals surface area contributed by atoms with Crippen molar-refractivity contribution >= 4 is 60.9 Å². The van der Waals surface area contributed by atoms with Crippen molar-refractivity contribution in [1.82, 2.24) is 14.8 Å². The van der Waals surface area contributed by atoms with Crippen molar-refractivity contribution in [3.8, 4) is 10.7 Å². The predicted molar refractivity (Wildman–Crippen MR) is 92.1 cm³/mol. The van der Waals surface area contributed by atoms with Gasteiger partial charge in [0.15, 0.2) is 11.0 Å². The second kappa shape index (κ2) is 6.39. The highest BCUT2D eigenvalue weighted by Gasteiger charge is 2.26. The van der Waals surface area contributed by atoms with Crippen LogP contribution in [0.5, 0.6) is 0 Å². The van der Waals surface area contributed by atoms with Crippen molar-refractivity contribution in [2.75, 3.05) is 5.75 Å². The van der Waals surface area contributed by atoms with Gasteiger partial charge in [0.1, 0.15) is 0 Å². The maximum atomic E-state index is 10.8. The highest BCUT2D eigenvalue weighted by Crippen LogP contribution is 2.40. The average molecular weight is 455 g/mol. The van der Waals surface area contributed by atoms with Gasteiger partial charge in [-0.3, -0.25) is 9.36 Å². The van der Waals surface area contributed by atoms with E-state index in [4.69, 9.17) is 5.11 Å². The Hall–Kier alpha value is -0.380. The Kier molecular flexibility index (Phi) is 5.17. The van der Waals surface area contributed by atoms with Crippen LogP contribution in [-0.4, -0.2) is 31.6 Å². The van der Waals surface area contributed by atoms with Gasteiger partial charge < -0.3 is 5.11 Å². The predicted octanol–water partition coefficient (Wildman–Crippen LogP) is 4.46. The lowest BCUT2D eigenvalue weighted by Gasteiger charge is -2.24. The number of carboxylic acids is 1. The first-order valence-electron chi connectivity index (χ1n) is 5.96. The number of rotatable bonds is 4. The molecule has 0 aliphatic heterocycles. The van der Waals surface area contributed by atoms with E-state index in [1.807, 2.05) is 31.4 Å². The fraction of sp³-hybridized carbons (Fsp3) is 0.417. The molecule has 0 spiro atoms. The van der Waals surface area contributed by atoms with Crippen LogP contribution in [0.3, 0.4) is 0 Å². The summed E-state index contributed by atoms with van der Waals surface area (Å²) in [5.74, 6) is -0.162. The molecule has 0 saturated carbocycles. The van der Waals surface area contributed by atoms with Crippen LogP contribution in [0.1, 0.15) is 20.8 Å². The minimum atomic E-state index is -0.869. The lowest BCUT2D eigenvalue weighted by atomic mass is 10.1. The van der Waals surface area contributed by atoms with Gasteiger partial charge in [-0.2, -0.15) is 0 Å². The first kappa shape index (κ1) is 17.0. The van der Waals surface area contributed by atoms with E-state index >= 15 is 0 Å². The lowest BCUT2D eigenvalue weighted by Crippen LogP contribution is -2.23. The fourth-order valence-corrected chi connectivity index (χ4v) is 4.56. The summed E-state index contributed by atoms with van der Waals surface area (Å²) in [5, 5.41) is 17.9. The number of thiophene rings is 1. The number of carbonyl (C=O) groups is 1. The number of hydrogen-bond acceptors (Lipinski definition) is 5. The Bertz CT molecular complexity index is 657. The van der Waals surface area contributed by atoms with E-state index in [-0.39, 0.29) is 11.3 Å². The van der Waals surface area contributed by atoms with Gasteiger partial charge in [0.05, 0.1) is 14.4 Å². The summed E-state index contributed by atoms with van der Waals surface area (Å²) in [6.07, 6.45) is 0. The maximum absolute atomic E-state index is 10.8. The van der Waals surface area contributed by atoms with E-state index in [1.54, 1.807) is 11.3 Å². The molecule has 2 aromatic heterocycles. The smallest absolute Gasteiger partial charge is 0.313 e. The van der Waals surface area contributed by atoms with Crippen molar-refractivity contribution in [3.63, 3.8) is 0 Å². The van der Waals surface area contributed by atoms with Crippen molar-refractivity contribution in [2.24, 2.45) is 0 Å². The number of nitrogens with zero attached hydrogens (tertiary/aromatic N) is 3. The second-order valence-corrected chi connectivity index (χ2v) is 9.39. The maximum Gasteiger partial charge on any atom is 0.313 e. The van der Waals surface area contributed by atoms with Crippen LogP contribution in [0.15, 0.2) is 19.5 Å². The molecule has 0 aliphatic rings. The lowest BCUT2D eigenvalue weighted by molar-refractivity contribution is -0.133. The van der Waals surface area contributed by atoms with Gasteiger partial charge in [0.25, 0.3) is 0 Å². The SMILES string of the molecule is CC(C)(C)n1c(SCC(=O)O)nnc1-c1cc(Br)c(Br)s1. The quantitative estimate of drug-likeness (QED) is 0.690. The summed E-state index contributed by atoms with van der Waals surface area (Å²) >= 11 is 9.68. The van der Waals surface area contributed by atoms with Crippen molar-refractivity contribution in [2.45, 2.75) is 31.5 Å². The number of aromatic nitrogens is 3. The molecule has 0 atom stereocenters. The molecule has 9 heteroatoms. The third kappa shape index (κ3) is 3.88. The van der Waals surface area contributed by atoms with Gasteiger partial charge in [0.2, 0.25) is 0 Å². The normalized spacial score (nSPS) is 11.9. The minimum absolute atomic E-state index is 0.0357. The summed E-state index contributed by atoms with van der Waals surface area (Å²) < 4.78 is 3.93. The topological polar surface area (TPSA) is 68.0 Å². The van der Waals surface area contributed by atoms with Gasteiger partial charge in [-0.25, -0.2) is 0 Å². The van der Waals surface area contributed by atoms with Gasteiger partial charge in [0, 0.05) is 10.0 Å². The third-order valence-electron chi connectivity index (χ3n) is 2.49. The largest absolute Gasteiger partial charge is 0.481 e. The molecule has 1 N–H and O–H groups in total. The molecule has 0 aliphatic carbocycles. The molecule has 0 bridgehead atoms. The van der Waals surface area contributed by atoms with E-state index in [0.717, 1.165) is 19.0 Å². The molecule has 114 valence electrons. The molecule has 2 rings (SSSR count). The van der Waals surface area contributed by atoms with Crippen molar-refractivity contribution in [3.05, 3.63) is 14.3 Å². The number of carboxylic acid groups (broad SMARTS) is 1. The number of thioether (sulfide) groups is 1. The molecule has 0 aromatic carbocycles. The number of hydrogen-bond donors (Lipinski definition) is 1. The summed E-state index contributed by atoms with van der Waals surface area (Å²) in [4.78, 5) is 11.7. The Balaban J connectivity index is 2.49. The van der Waals surface area contributed by atoms with Crippen LogP contribution in [0.4, 0.5) is 0 Å². The van der Waals surface area contributed by atoms with E-state index in [1.165, 1.54) is 11.8 Å². The van der Waals surface area contributed by atoms with Crippen molar-refractivity contribution < 1.29 is 9.90 Å². The fourth-order valence-electron chi connectivity index (χ4n) is 1.71. The first-order chi connectivity index (χ1) is 9.70. The second-order valence-electron chi connectivity index (χ2n) is 5.23. The van der Waals surface area contributed by atoms with Crippen LogP contribution < -0.4 is 0 Å². The van der Waals surface area contributed by atoms with Gasteiger partial charge in [-0.15, -0.1) is 21.5 Å². The highest BCUT2D eigenvalue weighted by atomic mass is 79.9. The average Bonchev–Trinajstić information content (AvgIpc) is 2.90. The summed E-state index contributed by atoms with van der Waals surface area (Å²) in [5.41, 5.74) is -0.247. The standard InChI is InChI=1S/C12H13Br2N3O2S2/c1-12(2,3)17-10(7-4-6(13)9(14)21-7)15-16-11(17)20-5-8(18)19/h4H,5H2,1-3H3,(H,18,19). The zero-order chi connectivity index (χ0) is 15.8. The molecule has 2 aromatic rings.